The highest BCUT2D eigenvalue weighted by atomic mass is 16.2. The summed E-state index contributed by atoms with van der Waals surface area (Å²) in [5.41, 5.74) is 2.55. The lowest BCUT2D eigenvalue weighted by atomic mass is 10.1. The molecule has 0 saturated heterocycles. The van der Waals surface area contributed by atoms with Crippen molar-refractivity contribution in [3.63, 3.8) is 0 Å². The normalized spacial score (nSPS) is 17.0. The van der Waals surface area contributed by atoms with Gasteiger partial charge < -0.3 is 10.2 Å². The van der Waals surface area contributed by atoms with Gasteiger partial charge >= 0.3 is 0 Å². The van der Waals surface area contributed by atoms with Gasteiger partial charge in [-0.1, -0.05) is 18.2 Å². The van der Waals surface area contributed by atoms with E-state index in [4.69, 9.17) is 0 Å². The SMILES string of the molecule is CC1Cc2ccccc2N1c1cc(C(=O)NC(C)(C)C)ncn1. The number of rotatable bonds is 2. The molecule has 120 valence electrons. The van der Waals surface area contributed by atoms with E-state index in [-0.39, 0.29) is 11.4 Å². The Morgan fingerprint density at radius 2 is 2.00 bits per heavy atom. The van der Waals surface area contributed by atoms with E-state index in [0.717, 1.165) is 17.9 Å². The van der Waals surface area contributed by atoms with Crippen LogP contribution in [0, 0.1) is 0 Å². The summed E-state index contributed by atoms with van der Waals surface area (Å²) in [6.45, 7) is 8.01. The third-order valence-corrected chi connectivity index (χ3v) is 3.83. The van der Waals surface area contributed by atoms with Gasteiger partial charge in [0, 0.05) is 23.3 Å². The molecule has 1 aliphatic heterocycles. The highest BCUT2D eigenvalue weighted by Gasteiger charge is 2.28. The number of benzene rings is 1. The minimum Gasteiger partial charge on any atom is -0.346 e. The summed E-state index contributed by atoms with van der Waals surface area (Å²) in [4.78, 5) is 23.0. The number of carbonyl (C=O) groups excluding carboxylic acids is 1. The van der Waals surface area contributed by atoms with E-state index in [1.54, 1.807) is 6.07 Å². The van der Waals surface area contributed by atoms with Crippen molar-refractivity contribution in [2.75, 3.05) is 4.90 Å². The minimum absolute atomic E-state index is 0.179. The maximum absolute atomic E-state index is 12.3. The number of para-hydroxylation sites is 1. The molecule has 5 nitrogen and oxygen atoms in total. The molecule has 5 heteroatoms. The molecule has 0 fully saturated rings. The van der Waals surface area contributed by atoms with Gasteiger partial charge in [0.05, 0.1) is 0 Å². The fraction of sp³-hybridized carbons (Fsp3) is 0.389. The second-order valence-corrected chi connectivity index (χ2v) is 7.02. The molecule has 1 unspecified atom stereocenters. The summed E-state index contributed by atoms with van der Waals surface area (Å²) in [6.07, 6.45) is 2.43. The van der Waals surface area contributed by atoms with Crippen LogP contribution >= 0.6 is 0 Å². The van der Waals surface area contributed by atoms with Crippen molar-refractivity contribution in [1.82, 2.24) is 15.3 Å². The van der Waals surface area contributed by atoms with Crippen LogP contribution in [-0.4, -0.2) is 27.5 Å². The van der Waals surface area contributed by atoms with Crippen LogP contribution in [0.5, 0.6) is 0 Å². The van der Waals surface area contributed by atoms with Crippen molar-refractivity contribution in [2.45, 2.75) is 45.7 Å². The van der Waals surface area contributed by atoms with E-state index in [1.165, 1.54) is 11.9 Å². The maximum Gasteiger partial charge on any atom is 0.270 e. The first kappa shape index (κ1) is 15.5. The average Bonchev–Trinajstić information content (AvgIpc) is 2.81. The van der Waals surface area contributed by atoms with Gasteiger partial charge in [-0.2, -0.15) is 0 Å². The lowest BCUT2D eigenvalue weighted by Gasteiger charge is -2.24. The van der Waals surface area contributed by atoms with Crippen LogP contribution in [0.4, 0.5) is 11.5 Å². The lowest BCUT2D eigenvalue weighted by Crippen LogP contribution is -2.41. The van der Waals surface area contributed by atoms with Crippen molar-refractivity contribution in [2.24, 2.45) is 0 Å². The molecule has 2 heterocycles. The van der Waals surface area contributed by atoms with E-state index in [9.17, 15) is 4.79 Å². The molecule has 1 atom stereocenters. The molecule has 1 amide bonds. The Hall–Kier alpha value is -2.43. The zero-order valence-corrected chi connectivity index (χ0v) is 14.0. The smallest absolute Gasteiger partial charge is 0.270 e. The van der Waals surface area contributed by atoms with Gasteiger partial charge in [0.15, 0.2) is 0 Å². The van der Waals surface area contributed by atoms with E-state index in [0.29, 0.717) is 11.7 Å². The topological polar surface area (TPSA) is 58.1 Å². The summed E-state index contributed by atoms with van der Waals surface area (Å²) in [7, 11) is 0. The molecule has 0 radical (unpaired) electrons. The van der Waals surface area contributed by atoms with Crippen molar-refractivity contribution in [3.05, 3.63) is 47.9 Å². The largest absolute Gasteiger partial charge is 0.346 e. The minimum atomic E-state index is -0.296. The molecule has 1 aromatic heterocycles. The highest BCUT2D eigenvalue weighted by molar-refractivity contribution is 5.93. The van der Waals surface area contributed by atoms with Crippen LogP contribution in [0.2, 0.25) is 0 Å². The van der Waals surface area contributed by atoms with Crippen LogP contribution in [0.1, 0.15) is 43.7 Å². The molecule has 0 spiro atoms. The van der Waals surface area contributed by atoms with Gasteiger partial charge in [0.25, 0.3) is 5.91 Å². The summed E-state index contributed by atoms with van der Waals surface area (Å²) >= 11 is 0. The third-order valence-electron chi connectivity index (χ3n) is 3.83. The number of hydrogen-bond donors (Lipinski definition) is 1. The van der Waals surface area contributed by atoms with Crippen LogP contribution in [0.3, 0.4) is 0 Å². The van der Waals surface area contributed by atoms with Gasteiger partial charge in [0.2, 0.25) is 0 Å². The number of fused-ring (bicyclic) bond motifs is 1. The highest BCUT2D eigenvalue weighted by Crippen LogP contribution is 2.36. The fourth-order valence-corrected chi connectivity index (χ4v) is 2.92. The van der Waals surface area contributed by atoms with Crippen molar-refractivity contribution in [1.29, 1.82) is 0 Å². The Balaban J connectivity index is 1.93. The maximum atomic E-state index is 12.3. The standard InChI is InChI=1S/C18H22N4O/c1-12-9-13-7-5-6-8-15(13)22(12)16-10-14(19-11-20-16)17(23)21-18(2,3)4/h5-8,10-12H,9H2,1-4H3,(H,21,23). The van der Waals surface area contributed by atoms with Gasteiger partial charge in [-0.3, -0.25) is 4.79 Å². The van der Waals surface area contributed by atoms with E-state index in [2.05, 4.69) is 45.3 Å². The molecule has 1 N–H and O–H groups in total. The van der Waals surface area contributed by atoms with Crippen molar-refractivity contribution >= 4 is 17.4 Å². The predicted octanol–water partition coefficient (Wildman–Crippen LogP) is 3.09. The number of nitrogens with one attached hydrogen (secondary N) is 1. The Morgan fingerprint density at radius 3 is 2.74 bits per heavy atom. The molecular weight excluding hydrogens is 288 g/mol. The van der Waals surface area contributed by atoms with E-state index < -0.39 is 0 Å². The number of aromatic nitrogens is 2. The first-order valence-corrected chi connectivity index (χ1v) is 7.87. The van der Waals surface area contributed by atoms with E-state index in [1.807, 2.05) is 26.8 Å². The Kier molecular flexibility index (Phi) is 3.80. The lowest BCUT2D eigenvalue weighted by molar-refractivity contribution is 0.0914. The van der Waals surface area contributed by atoms with Crippen molar-refractivity contribution in [3.8, 4) is 0 Å². The Bertz CT molecular complexity index is 736. The number of amides is 1. The second kappa shape index (κ2) is 5.65. The van der Waals surface area contributed by atoms with Gasteiger partial charge in [-0.15, -0.1) is 0 Å². The Morgan fingerprint density at radius 1 is 1.26 bits per heavy atom. The molecule has 2 aromatic rings. The molecule has 0 bridgehead atoms. The third kappa shape index (κ3) is 3.18. The Labute approximate surface area is 136 Å². The summed E-state index contributed by atoms with van der Waals surface area (Å²) in [5, 5.41) is 2.94. The molecule has 0 aliphatic carbocycles. The van der Waals surface area contributed by atoms with Crippen molar-refractivity contribution < 1.29 is 4.79 Å². The predicted molar refractivity (Wildman–Crippen MR) is 91.0 cm³/mol. The van der Waals surface area contributed by atoms with Crippen LogP contribution in [-0.2, 0) is 6.42 Å². The zero-order valence-electron chi connectivity index (χ0n) is 14.0. The quantitative estimate of drug-likeness (QED) is 0.926. The molecule has 23 heavy (non-hydrogen) atoms. The molecule has 3 rings (SSSR count). The van der Waals surface area contributed by atoms with Gasteiger partial charge in [-0.05, 0) is 45.7 Å². The fourth-order valence-electron chi connectivity index (χ4n) is 2.92. The second-order valence-electron chi connectivity index (χ2n) is 7.02. The molecular formula is C18H22N4O. The van der Waals surface area contributed by atoms with Crippen LogP contribution in [0.15, 0.2) is 36.7 Å². The van der Waals surface area contributed by atoms with E-state index >= 15 is 0 Å². The first-order valence-electron chi connectivity index (χ1n) is 7.87. The number of carbonyl (C=O) groups is 1. The number of nitrogens with zero attached hydrogens (tertiary/aromatic N) is 3. The molecule has 1 aromatic carbocycles. The average molecular weight is 310 g/mol. The van der Waals surface area contributed by atoms with Crippen LogP contribution in [0.25, 0.3) is 0 Å². The monoisotopic (exact) mass is 310 g/mol. The summed E-state index contributed by atoms with van der Waals surface area (Å²) in [5.74, 6) is 0.581. The summed E-state index contributed by atoms with van der Waals surface area (Å²) < 4.78 is 0. The zero-order chi connectivity index (χ0) is 16.6. The number of hydrogen-bond acceptors (Lipinski definition) is 4. The molecule has 1 aliphatic rings. The van der Waals surface area contributed by atoms with Crippen LogP contribution < -0.4 is 10.2 Å². The summed E-state index contributed by atoms with van der Waals surface area (Å²) in [6, 6.07) is 10.4. The number of anilines is 2. The van der Waals surface area contributed by atoms with Gasteiger partial charge in [-0.25, -0.2) is 9.97 Å². The first-order chi connectivity index (χ1) is 10.8. The van der Waals surface area contributed by atoms with Gasteiger partial charge in [0.1, 0.15) is 17.8 Å². The molecule has 0 saturated carbocycles.